The van der Waals surface area contributed by atoms with Crippen LogP contribution in [0.2, 0.25) is 0 Å². The number of carbonyl (C=O) groups is 1. The van der Waals surface area contributed by atoms with Crippen LogP contribution in [0, 0.1) is 12.7 Å². The molecule has 0 fully saturated rings. The normalized spacial score (nSPS) is 17.8. The fraction of sp³-hybridized carbons (Fsp3) is 0.350. The van der Waals surface area contributed by atoms with E-state index in [1.807, 2.05) is 13.8 Å². The first-order valence-corrected chi connectivity index (χ1v) is 8.90. The third-order valence-corrected chi connectivity index (χ3v) is 4.91. The number of nitrogens with zero attached hydrogens (tertiary/aromatic N) is 2. The summed E-state index contributed by atoms with van der Waals surface area (Å²) in [5, 5.41) is 3.10. The summed E-state index contributed by atoms with van der Waals surface area (Å²) in [5.41, 5.74) is 0.0220. The van der Waals surface area contributed by atoms with E-state index in [9.17, 15) is 14.0 Å². The lowest BCUT2D eigenvalue weighted by Crippen LogP contribution is -2.41. The van der Waals surface area contributed by atoms with Crippen molar-refractivity contribution in [3.8, 4) is 5.75 Å². The largest absolute Gasteiger partial charge is 0.487 e. The van der Waals surface area contributed by atoms with Crippen molar-refractivity contribution in [3.63, 3.8) is 0 Å². The number of carbonyl (C=O) groups excluding carboxylic acids is 1. The maximum Gasteiger partial charge on any atom is 0.265 e. The van der Waals surface area contributed by atoms with Gasteiger partial charge in [0.2, 0.25) is 5.71 Å². The van der Waals surface area contributed by atoms with E-state index >= 15 is 0 Å². The van der Waals surface area contributed by atoms with Crippen molar-refractivity contribution in [2.24, 2.45) is 7.05 Å². The maximum absolute atomic E-state index is 13.6. The molecule has 1 aromatic carbocycles. The first kappa shape index (κ1) is 18.2. The van der Waals surface area contributed by atoms with E-state index in [1.54, 1.807) is 20.0 Å². The van der Waals surface area contributed by atoms with Crippen molar-refractivity contribution in [1.29, 1.82) is 0 Å². The first-order chi connectivity index (χ1) is 13.2. The standard InChI is InChI=1S/C20H20FN3O4/c1-10-15(16-18(27-10)22-9-24(4)19(16)26)17(25)23-13-8-20(2,3)28-14-7-11(21)5-6-12(13)14/h5-7,9,13H,8H2,1-4H3,(H,23,25). The summed E-state index contributed by atoms with van der Waals surface area (Å²) in [6.07, 6.45) is 1.84. The quantitative estimate of drug-likeness (QED) is 0.733. The molecule has 1 N–H and O–H groups in total. The number of ether oxygens (including phenoxy) is 1. The van der Waals surface area contributed by atoms with E-state index in [0.29, 0.717) is 23.5 Å². The second-order valence-electron chi connectivity index (χ2n) is 7.65. The van der Waals surface area contributed by atoms with Crippen LogP contribution in [0.25, 0.3) is 11.1 Å². The number of furan rings is 1. The summed E-state index contributed by atoms with van der Waals surface area (Å²) in [7, 11) is 1.56. The van der Waals surface area contributed by atoms with Crippen LogP contribution in [0.5, 0.6) is 5.75 Å². The molecule has 8 heteroatoms. The molecule has 0 saturated carbocycles. The molecule has 1 amide bonds. The highest BCUT2D eigenvalue weighted by Crippen LogP contribution is 2.40. The van der Waals surface area contributed by atoms with E-state index in [4.69, 9.17) is 9.15 Å². The summed E-state index contributed by atoms with van der Waals surface area (Å²) in [6.45, 7) is 5.36. The zero-order chi connectivity index (χ0) is 20.2. The third-order valence-electron chi connectivity index (χ3n) is 4.91. The van der Waals surface area contributed by atoms with Crippen molar-refractivity contribution >= 4 is 17.0 Å². The minimum Gasteiger partial charge on any atom is -0.487 e. The van der Waals surface area contributed by atoms with Gasteiger partial charge in [-0.1, -0.05) is 6.07 Å². The highest BCUT2D eigenvalue weighted by molar-refractivity contribution is 6.06. The minimum absolute atomic E-state index is 0.125. The van der Waals surface area contributed by atoms with Gasteiger partial charge in [-0.05, 0) is 26.8 Å². The molecule has 0 radical (unpaired) electrons. The Morgan fingerprint density at radius 2 is 2.14 bits per heavy atom. The maximum atomic E-state index is 13.6. The van der Waals surface area contributed by atoms with Crippen LogP contribution in [-0.2, 0) is 7.05 Å². The lowest BCUT2D eigenvalue weighted by Gasteiger charge is -2.37. The van der Waals surface area contributed by atoms with Crippen molar-refractivity contribution in [2.45, 2.75) is 38.8 Å². The van der Waals surface area contributed by atoms with Crippen LogP contribution in [0.15, 0.2) is 33.7 Å². The SMILES string of the molecule is Cc1oc2ncn(C)c(=O)c2c1C(=O)NC1CC(C)(C)Oc2cc(F)ccc21. The number of nitrogens with one attached hydrogen (secondary N) is 1. The number of aryl methyl sites for hydroxylation is 2. The van der Waals surface area contributed by atoms with E-state index in [1.165, 1.54) is 23.0 Å². The second-order valence-corrected chi connectivity index (χ2v) is 7.65. The molecule has 1 atom stereocenters. The average Bonchev–Trinajstić information content (AvgIpc) is 2.93. The Morgan fingerprint density at radius 3 is 2.89 bits per heavy atom. The first-order valence-electron chi connectivity index (χ1n) is 8.90. The number of benzene rings is 1. The summed E-state index contributed by atoms with van der Waals surface area (Å²) in [5.74, 6) is -0.144. The summed E-state index contributed by atoms with van der Waals surface area (Å²) in [4.78, 5) is 29.7. The Labute approximate surface area is 160 Å². The Balaban J connectivity index is 1.76. The zero-order valence-corrected chi connectivity index (χ0v) is 16.0. The van der Waals surface area contributed by atoms with E-state index in [0.717, 1.165) is 0 Å². The molecule has 0 spiro atoms. The van der Waals surface area contributed by atoms with Crippen molar-refractivity contribution in [3.05, 3.63) is 57.6 Å². The molecule has 146 valence electrons. The molecular formula is C20H20FN3O4. The van der Waals surface area contributed by atoms with Crippen LogP contribution in [0.3, 0.4) is 0 Å². The number of hydrogen-bond donors (Lipinski definition) is 1. The fourth-order valence-electron chi connectivity index (χ4n) is 3.65. The number of amides is 1. The monoisotopic (exact) mass is 385 g/mol. The van der Waals surface area contributed by atoms with Gasteiger partial charge < -0.3 is 19.0 Å². The Kier molecular flexibility index (Phi) is 4.02. The predicted octanol–water partition coefficient (Wildman–Crippen LogP) is 3.01. The van der Waals surface area contributed by atoms with Gasteiger partial charge in [-0.15, -0.1) is 0 Å². The molecule has 2 aromatic heterocycles. The van der Waals surface area contributed by atoms with Gasteiger partial charge in [-0.2, -0.15) is 0 Å². The highest BCUT2D eigenvalue weighted by Gasteiger charge is 2.36. The lowest BCUT2D eigenvalue weighted by molar-refractivity contribution is 0.0616. The van der Waals surface area contributed by atoms with Crippen LogP contribution in [0.1, 0.15) is 48.0 Å². The molecule has 0 bridgehead atoms. The zero-order valence-electron chi connectivity index (χ0n) is 16.0. The minimum atomic E-state index is -0.593. The number of rotatable bonds is 2. The molecule has 7 nitrogen and oxygen atoms in total. The van der Waals surface area contributed by atoms with Gasteiger partial charge in [0, 0.05) is 25.1 Å². The molecule has 0 aliphatic carbocycles. The molecular weight excluding hydrogens is 365 g/mol. The average molecular weight is 385 g/mol. The molecule has 1 aliphatic heterocycles. The van der Waals surface area contributed by atoms with Crippen LogP contribution in [-0.4, -0.2) is 21.1 Å². The van der Waals surface area contributed by atoms with Gasteiger partial charge in [0.05, 0.1) is 11.6 Å². The van der Waals surface area contributed by atoms with Gasteiger partial charge in [-0.25, -0.2) is 9.37 Å². The summed E-state index contributed by atoms with van der Waals surface area (Å²) in [6, 6.07) is 3.84. The molecule has 1 unspecified atom stereocenters. The van der Waals surface area contributed by atoms with Gasteiger partial charge >= 0.3 is 0 Å². The topological polar surface area (TPSA) is 86.4 Å². The van der Waals surface area contributed by atoms with Crippen LogP contribution >= 0.6 is 0 Å². The molecule has 1 aliphatic rings. The highest BCUT2D eigenvalue weighted by atomic mass is 19.1. The van der Waals surface area contributed by atoms with Crippen LogP contribution < -0.4 is 15.6 Å². The number of hydrogen-bond acceptors (Lipinski definition) is 5. The fourth-order valence-corrected chi connectivity index (χ4v) is 3.65. The van der Waals surface area contributed by atoms with E-state index < -0.39 is 23.4 Å². The second kappa shape index (κ2) is 6.19. The van der Waals surface area contributed by atoms with Gasteiger partial charge in [-0.3, -0.25) is 9.59 Å². The third kappa shape index (κ3) is 2.94. The van der Waals surface area contributed by atoms with Gasteiger partial charge in [0.25, 0.3) is 11.5 Å². The van der Waals surface area contributed by atoms with E-state index in [2.05, 4.69) is 10.3 Å². The Hall–Kier alpha value is -3.16. The molecule has 3 aromatic rings. The van der Waals surface area contributed by atoms with Gasteiger partial charge in [0.15, 0.2) is 0 Å². The molecule has 28 heavy (non-hydrogen) atoms. The number of halogens is 1. The lowest BCUT2D eigenvalue weighted by atomic mass is 9.89. The number of aromatic nitrogens is 2. The Bertz CT molecular complexity index is 1160. The van der Waals surface area contributed by atoms with Crippen molar-refractivity contribution in [2.75, 3.05) is 0 Å². The molecule has 3 heterocycles. The molecule has 0 saturated heterocycles. The van der Waals surface area contributed by atoms with Crippen LogP contribution in [0.4, 0.5) is 4.39 Å². The van der Waals surface area contributed by atoms with Crippen molar-refractivity contribution in [1.82, 2.24) is 14.9 Å². The number of fused-ring (bicyclic) bond motifs is 2. The Morgan fingerprint density at radius 1 is 1.39 bits per heavy atom. The molecule has 4 rings (SSSR count). The van der Waals surface area contributed by atoms with Crippen molar-refractivity contribution < 1.29 is 18.3 Å². The summed E-state index contributed by atoms with van der Waals surface area (Å²) < 4.78 is 26.3. The van der Waals surface area contributed by atoms with E-state index in [-0.39, 0.29) is 22.2 Å². The summed E-state index contributed by atoms with van der Waals surface area (Å²) >= 11 is 0. The predicted molar refractivity (Wildman–Crippen MR) is 99.9 cm³/mol. The smallest absolute Gasteiger partial charge is 0.265 e. The van der Waals surface area contributed by atoms with Gasteiger partial charge in [0.1, 0.15) is 34.6 Å².